The number of terminal acetylenes is 2. The summed E-state index contributed by atoms with van der Waals surface area (Å²) in [6, 6.07) is 21.7. The number of nitrogens with zero attached hydrogens (tertiary/aromatic N) is 6. The minimum absolute atomic E-state index is 0.142. The van der Waals surface area contributed by atoms with E-state index in [0.717, 1.165) is 0 Å². The van der Waals surface area contributed by atoms with Crippen LogP contribution in [0.5, 0.6) is 0 Å². The predicted octanol–water partition coefficient (Wildman–Crippen LogP) is 8.47. The third-order valence-electron chi connectivity index (χ3n) is 10.7. The molecule has 0 fully saturated rings. The maximum absolute atomic E-state index is 15.3. The molecule has 2 aromatic heterocycles. The zero-order valence-corrected chi connectivity index (χ0v) is 32.1. The van der Waals surface area contributed by atoms with E-state index in [1.807, 2.05) is 9.13 Å². The maximum atomic E-state index is 15.3. The van der Waals surface area contributed by atoms with Gasteiger partial charge in [0.25, 0.3) is 0 Å². The van der Waals surface area contributed by atoms with Crippen LogP contribution in [0.15, 0.2) is 94.9 Å². The van der Waals surface area contributed by atoms with Gasteiger partial charge in [-0.25, -0.2) is 28.3 Å². The molecule has 10 nitrogen and oxygen atoms in total. The molecule has 0 amide bonds. The first kappa shape index (κ1) is 38.4. The average Bonchev–Trinajstić information content (AvgIpc) is 3.74. The van der Waals surface area contributed by atoms with Gasteiger partial charge in [-0.1, -0.05) is 42.5 Å². The molecule has 2 atom stereocenters. The Hall–Kier alpha value is -7.44. The summed E-state index contributed by atoms with van der Waals surface area (Å²) in [5.41, 5.74) is 5.05. The predicted molar refractivity (Wildman–Crippen MR) is 219 cm³/mol. The molecule has 6 aromatic rings. The van der Waals surface area contributed by atoms with E-state index >= 15 is 8.78 Å². The summed E-state index contributed by atoms with van der Waals surface area (Å²) in [4.78, 5) is 44.3. The van der Waals surface area contributed by atoms with Gasteiger partial charge in [0.15, 0.2) is 11.4 Å². The summed E-state index contributed by atoms with van der Waals surface area (Å²) >= 11 is 0. The molecule has 2 N–H and O–H groups in total. The van der Waals surface area contributed by atoms with Crippen LogP contribution in [0.1, 0.15) is 123 Å². The van der Waals surface area contributed by atoms with E-state index in [4.69, 9.17) is 22.8 Å². The van der Waals surface area contributed by atoms with Crippen molar-refractivity contribution in [2.75, 3.05) is 0 Å². The van der Waals surface area contributed by atoms with Crippen LogP contribution in [0.2, 0.25) is 0 Å². The maximum Gasteiger partial charge on any atom is 0.356 e. The summed E-state index contributed by atoms with van der Waals surface area (Å²) in [6.07, 6.45) is 14.1. The fourth-order valence-corrected chi connectivity index (χ4v) is 8.07. The highest BCUT2D eigenvalue weighted by Gasteiger charge is 2.34. The molecule has 292 valence electrons. The second-order valence-corrected chi connectivity index (χ2v) is 14.4. The Morgan fingerprint density at radius 2 is 1.03 bits per heavy atom. The number of hydrogen-bond donors (Lipinski definition) is 2. The minimum Gasteiger partial charge on any atom is -0.476 e. The van der Waals surface area contributed by atoms with Crippen LogP contribution < -0.4 is 0 Å². The second kappa shape index (κ2) is 15.5. The number of fused-ring (bicyclic) bond motifs is 6. The van der Waals surface area contributed by atoms with Crippen LogP contribution in [0, 0.1) is 36.3 Å². The Morgan fingerprint density at radius 3 is 1.41 bits per heavy atom. The summed E-state index contributed by atoms with van der Waals surface area (Å²) < 4.78 is 34.2. The molecular formula is C47H36F2N6O4. The van der Waals surface area contributed by atoms with Crippen molar-refractivity contribution in [1.29, 1.82) is 0 Å². The molecule has 8 rings (SSSR count). The van der Waals surface area contributed by atoms with Gasteiger partial charge in [-0.05, 0) is 87.4 Å². The quantitative estimate of drug-likeness (QED) is 0.106. The number of aromatic nitrogens is 4. The monoisotopic (exact) mass is 786 g/mol. The van der Waals surface area contributed by atoms with E-state index in [1.165, 1.54) is 12.1 Å². The van der Waals surface area contributed by atoms with Crippen molar-refractivity contribution in [3.8, 4) is 36.1 Å². The smallest absolute Gasteiger partial charge is 0.356 e. The number of aromatic carboxylic acids is 2. The van der Waals surface area contributed by atoms with Crippen molar-refractivity contribution in [1.82, 2.24) is 19.1 Å². The van der Waals surface area contributed by atoms with Gasteiger partial charge in [-0.15, -0.1) is 12.8 Å². The lowest BCUT2D eigenvalue weighted by atomic mass is 9.98. The number of unbranched alkanes of at least 4 members (excludes halogenated alkanes) is 2. The lowest BCUT2D eigenvalue weighted by Crippen LogP contribution is -2.12. The Kier molecular flexibility index (Phi) is 10.1. The van der Waals surface area contributed by atoms with E-state index in [9.17, 15) is 19.8 Å². The fourth-order valence-electron chi connectivity index (χ4n) is 8.07. The zero-order chi connectivity index (χ0) is 41.5. The number of hydrogen-bond acceptors (Lipinski definition) is 6. The van der Waals surface area contributed by atoms with Crippen LogP contribution in [-0.2, 0) is 12.8 Å². The molecular weight excluding hydrogens is 751 g/mol. The van der Waals surface area contributed by atoms with Crippen molar-refractivity contribution in [2.45, 2.75) is 58.0 Å². The van der Waals surface area contributed by atoms with E-state index < -0.39 is 35.7 Å². The summed E-state index contributed by atoms with van der Waals surface area (Å²) in [7, 11) is 0. The number of carbonyl (C=O) groups is 2. The van der Waals surface area contributed by atoms with Crippen LogP contribution in [-0.4, -0.2) is 52.7 Å². The Bertz CT molecular complexity index is 2680. The number of halogens is 2. The van der Waals surface area contributed by atoms with Gasteiger partial charge >= 0.3 is 11.9 Å². The SMILES string of the molecule is C#Cc1ccc2c(c1)C(c1ccccc1F)=N[C@@H](C)c1c(C(=O)O)nc(CCCCCc3nc(C(=O)O)c4n3-c3ccc(C#C)cc3C(c3ccccc3F)=N[C@H]4C)n1-2. The molecule has 59 heavy (non-hydrogen) atoms. The van der Waals surface area contributed by atoms with E-state index in [1.54, 1.807) is 86.6 Å². The summed E-state index contributed by atoms with van der Waals surface area (Å²) in [5.74, 6) is 2.90. The molecule has 2 aliphatic heterocycles. The van der Waals surface area contributed by atoms with E-state index in [0.29, 0.717) is 100 Å². The molecule has 0 bridgehead atoms. The highest BCUT2D eigenvalue weighted by atomic mass is 19.1. The average molecular weight is 787 g/mol. The van der Waals surface area contributed by atoms with Crippen molar-refractivity contribution in [2.24, 2.45) is 9.98 Å². The minimum atomic E-state index is -1.21. The Balaban J connectivity index is 1.12. The van der Waals surface area contributed by atoms with Gasteiger partial charge in [0.05, 0.1) is 46.3 Å². The number of carboxylic acids is 2. The molecule has 4 aromatic carbocycles. The Labute approximate surface area is 338 Å². The molecule has 0 saturated carbocycles. The molecule has 0 radical (unpaired) electrons. The van der Waals surface area contributed by atoms with Crippen LogP contribution >= 0.6 is 0 Å². The van der Waals surface area contributed by atoms with E-state index in [2.05, 4.69) is 21.8 Å². The number of aryl methyl sites for hydroxylation is 2. The largest absolute Gasteiger partial charge is 0.476 e. The standard InChI is InChI=1S/C47H36F2N6O4/c1-5-28-20-22-36-32(24-28)40(30-14-10-12-16-34(30)48)50-26(3)44-42(46(56)57)52-38(54(36)44)18-8-7-9-19-39-53-43(47(58)59)45-27(4)51-41(31-15-11-13-17-35(31)49)33-25-29(6-2)21-23-37(33)55(39)45/h1-2,10-17,20-27H,7-9,18-19H2,3-4H3,(H,56,57)(H,58,59)/t26-,27-/m0/s1. The molecule has 0 spiro atoms. The number of benzene rings is 4. The van der Waals surface area contributed by atoms with Gasteiger partial charge in [-0.2, -0.15) is 0 Å². The first-order valence-corrected chi connectivity index (χ1v) is 19.1. The molecule has 0 saturated heterocycles. The topological polar surface area (TPSA) is 135 Å². The fraction of sp³-hybridized carbons (Fsp3) is 0.191. The lowest BCUT2D eigenvalue weighted by molar-refractivity contribution is 0.0678. The molecule has 0 aliphatic carbocycles. The third-order valence-corrected chi connectivity index (χ3v) is 10.7. The highest BCUT2D eigenvalue weighted by molar-refractivity contribution is 6.16. The molecule has 12 heteroatoms. The van der Waals surface area contributed by atoms with Gasteiger partial charge in [-0.3, -0.25) is 19.1 Å². The summed E-state index contributed by atoms with van der Waals surface area (Å²) in [6.45, 7) is 3.52. The van der Waals surface area contributed by atoms with Gasteiger partial charge in [0, 0.05) is 46.2 Å². The van der Waals surface area contributed by atoms with Crippen LogP contribution in [0.25, 0.3) is 11.4 Å². The van der Waals surface area contributed by atoms with E-state index in [-0.39, 0.29) is 22.5 Å². The molecule has 0 unspecified atom stereocenters. The number of carboxylic acid groups (broad SMARTS) is 2. The van der Waals surface area contributed by atoms with Crippen LogP contribution in [0.3, 0.4) is 0 Å². The first-order chi connectivity index (χ1) is 28.5. The summed E-state index contributed by atoms with van der Waals surface area (Å²) in [5, 5.41) is 20.7. The van der Waals surface area contributed by atoms with Crippen molar-refractivity contribution in [3.05, 3.63) is 164 Å². The lowest BCUT2D eigenvalue weighted by Gasteiger charge is -2.16. The Morgan fingerprint density at radius 1 is 0.627 bits per heavy atom. The number of rotatable bonds is 10. The third kappa shape index (κ3) is 6.78. The van der Waals surface area contributed by atoms with Gasteiger partial charge < -0.3 is 10.2 Å². The molecule has 4 heterocycles. The normalized spacial score (nSPS) is 15.2. The second-order valence-electron chi connectivity index (χ2n) is 14.4. The number of aliphatic imine (C=N–C) groups is 2. The van der Waals surface area contributed by atoms with Gasteiger partial charge in [0.1, 0.15) is 23.3 Å². The number of imidazole rings is 2. The highest BCUT2D eigenvalue weighted by Crippen LogP contribution is 2.37. The van der Waals surface area contributed by atoms with Gasteiger partial charge in [0.2, 0.25) is 0 Å². The van der Waals surface area contributed by atoms with Crippen LogP contribution in [0.4, 0.5) is 8.78 Å². The first-order valence-electron chi connectivity index (χ1n) is 19.1. The van der Waals surface area contributed by atoms with Crippen molar-refractivity contribution in [3.63, 3.8) is 0 Å². The van der Waals surface area contributed by atoms with Crippen molar-refractivity contribution >= 4 is 23.4 Å². The molecule has 2 aliphatic rings. The van der Waals surface area contributed by atoms with Crippen molar-refractivity contribution < 1.29 is 28.6 Å². The zero-order valence-electron chi connectivity index (χ0n) is 32.1.